The van der Waals surface area contributed by atoms with E-state index >= 15 is 0 Å². The Labute approximate surface area is 222 Å². The van der Waals surface area contributed by atoms with Crippen LogP contribution < -0.4 is 10.2 Å². The Hall–Kier alpha value is -3.64. The van der Waals surface area contributed by atoms with Crippen LogP contribution in [-0.4, -0.2) is 17.7 Å². The highest BCUT2D eigenvalue weighted by Gasteiger charge is 2.47. The van der Waals surface area contributed by atoms with Gasteiger partial charge >= 0.3 is 0 Å². The number of fused-ring (bicyclic) bond motifs is 1. The van der Waals surface area contributed by atoms with E-state index in [0.717, 1.165) is 33.7 Å². The molecular formula is C31H30N2O3S. The lowest BCUT2D eigenvalue weighted by atomic mass is 9.85. The predicted octanol–water partition coefficient (Wildman–Crippen LogP) is 6.49. The molecule has 0 radical (unpaired) electrons. The van der Waals surface area contributed by atoms with Gasteiger partial charge in [0.25, 0.3) is 0 Å². The van der Waals surface area contributed by atoms with Crippen LogP contribution in [0.25, 0.3) is 0 Å². The number of allylic oxidation sites excluding steroid dienone is 2. The number of para-hydroxylation sites is 1. The SMILES string of the molecule is CCc1cccc(C)c1NC(=O)[C@@H](Sc1ccc(N2C(=O)[C@H]3CC=CC[C@H]3C2=O)cc1)c1ccccc1. The third-order valence-corrected chi connectivity index (χ3v) is 8.45. The highest BCUT2D eigenvalue weighted by molar-refractivity contribution is 8.00. The molecular weight excluding hydrogens is 480 g/mol. The van der Waals surface area contributed by atoms with E-state index < -0.39 is 5.25 Å². The predicted molar refractivity (Wildman–Crippen MR) is 149 cm³/mol. The van der Waals surface area contributed by atoms with E-state index in [1.165, 1.54) is 16.7 Å². The van der Waals surface area contributed by atoms with Crippen molar-refractivity contribution in [2.75, 3.05) is 10.2 Å². The summed E-state index contributed by atoms with van der Waals surface area (Å²) in [5.74, 6) is -0.845. The van der Waals surface area contributed by atoms with Gasteiger partial charge in [-0.2, -0.15) is 0 Å². The molecule has 1 fully saturated rings. The monoisotopic (exact) mass is 510 g/mol. The van der Waals surface area contributed by atoms with Crippen molar-refractivity contribution in [2.24, 2.45) is 11.8 Å². The van der Waals surface area contributed by atoms with E-state index in [2.05, 4.69) is 12.2 Å². The zero-order valence-corrected chi connectivity index (χ0v) is 21.8. The molecule has 3 atom stereocenters. The van der Waals surface area contributed by atoms with Gasteiger partial charge in [0.15, 0.2) is 0 Å². The maximum absolute atomic E-state index is 13.6. The first-order valence-electron chi connectivity index (χ1n) is 12.7. The molecule has 0 unspecified atom stereocenters. The number of amides is 3. The van der Waals surface area contributed by atoms with Crippen LogP contribution in [0.4, 0.5) is 11.4 Å². The van der Waals surface area contributed by atoms with Gasteiger partial charge in [-0.3, -0.25) is 19.3 Å². The Bertz CT molecular complexity index is 1320. The van der Waals surface area contributed by atoms with Crippen molar-refractivity contribution in [3.63, 3.8) is 0 Å². The molecule has 0 spiro atoms. The molecule has 6 heteroatoms. The fourth-order valence-electron chi connectivity index (χ4n) is 5.16. The molecule has 2 aliphatic rings. The molecule has 37 heavy (non-hydrogen) atoms. The van der Waals surface area contributed by atoms with E-state index in [4.69, 9.17) is 0 Å². The average Bonchev–Trinajstić information content (AvgIpc) is 3.19. The number of nitrogens with one attached hydrogen (secondary N) is 1. The summed E-state index contributed by atoms with van der Waals surface area (Å²) in [6.45, 7) is 4.09. The molecule has 0 bridgehead atoms. The molecule has 0 saturated carbocycles. The summed E-state index contributed by atoms with van der Waals surface area (Å²) in [6, 6.07) is 23.2. The first kappa shape index (κ1) is 25.0. The number of thioether (sulfide) groups is 1. The maximum atomic E-state index is 13.6. The lowest BCUT2D eigenvalue weighted by Crippen LogP contribution is -2.30. The molecule has 1 N–H and O–H groups in total. The molecule has 5 rings (SSSR count). The smallest absolute Gasteiger partial charge is 0.242 e. The second kappa shape index (κ2) is 10.8. The van der Waals surface area contributed by atoms with Gasteiger partial charge in [0.1, 0.15) is 5.25 Å². The van der Waals surface area contributed by atoms with Crippen LogP contribution in [-0.2, 0) is 20.8 Å². The molecule has 0 aromatic heterocycles. The molecule has 1 heterocycles. The Balaban J connectivity index is 1.38. The van der Waals surface area contributed by atoms with Crippen molar-refractivity contribution in [3.8, 4) is 0 Å². The summed E-state index contributed by atoms with van der Waals surface area (Å²) in [4.78, 5) is 41.7. The first-order valence-corrected chi connectivity index (χ1v) is 13.6. The number of anilines is 2. The summed E-state index contributed by atoms with van der Waals surface area (Å²) in [7, 11) is 0. The van der Waals surface area contributed by atoms with Crippen molar-refractivity contribution >= 4 is 40.9 Å². The van der Waals surface area contributed by atoms with E-state index in [9.17, 15) is 14.4 Å². The Morgan fingerprint density at radius 3 is 2.19 bits per heavy atom. The van der Waals surface area contributed by atoms with Gasteiger partial charge in [-0.05, 0) is 67.1 Å². The number of benzene rings is 3. The van der Waals surface area contributed by atoms with E-state index in [0.29, 0.717) is 18.5 Å². The van der Waals surface area contributed by atoms with Gasteiger partial charge in [0.2, 0.25) is 17.7 Å². The standard InChI is InChI=1S/C31H30N2O3S/c1-3-21-13-9-10-20(2)27(21)32-29(34)28(22-11-5-4-6-12-22)37-24-18-16-23(17-19-24)33-30(35)25-14-7-8-15-26(25)31(33)36/h4-13,16-19,25-26,28H,3,14-15H2,1-2H3,(H,32,34)/t25-,26+,28-/m0/s1. The Morgan fingerprint density at radius 1 is 0.919 bits per heavy atom. The normalized spacial score (nSPS) is 19.6. The van der Waals surface area contributed by atoms with Gasteiger partial charge in [0.05, 0.1) is 17.5 Å². The average molecular weight is 511 g/mol. The van der Waals surface area contributed by atoms with Crippen molar-refractivity contribution in [3.05, 3.63) is 102 Å². The van der Waals surface area contributed by atoms with Crippen molar-refractivity contribution in [2.45, 2.75) is 43.3 Å². The molecule has 3 aromatic rings. The van der Waals surface area contributed by atoms with Crippen LogP contribution >= 0.6 is 11.8 Å². The second-order valence-electron chi connectivity index (χ2n) is 9.52. The minimum Gasteiger partial charge on any atom is -0.324 e. The first-order chi connectivity index (χ1) is 18.0. The molecule has 1 aliphatic carbocycles. The lowest BCUT2D eigenvalue weighted by Gasteiger charge is -2.20. The largest absolute Gasteiger partial charge is 0.324 e. The number of hydrogen-bond acceptors (Lipinski definition) is 4. The van der Waals surface area contributed by atoms with Gasteiger partial charge < -0.3 is 5.32 Å². The third-order valence-electron chi connectivity index (χ3n) is 7.19. The maximum Gasteiger partial charge on any atom is 0.242 e. The van der Waals surface area contributed by atoms with E-state index in [1.807, 2.05) is 79.7 Å². The number of hydrogen-bond donors (Lipinski definition) is 1. The molecule has 1 saturated heterocycles. The molecule has 188 valence electrons. The number of nitrogens with zero attached hydrogens (tertiary/aromatic N) is 1. The molecule has 1 aliphatic heterocycles. The lowest BCUT2D eigenvalue weighted by molar-refractivity contribution is -0.122. The topological polar surface area (TPSA) is 66.5 Å². The number of aryl methyl sites for hydroxylation is 2. The van der Waals surface area contributed by atoms with Crippen molar-refractivity contribution in [1.29, 1.82) is 0 Å². The summed E-state index contributed by atoms with van der Waals surface area (Å²) in [5, 5.41) is 2.71. The Kier molecular flexibility index (Phi) is 7.28. The van der Waals surface area contributed by atoms with Gasteiger partial charge in [-0.1, -0.05) is 67.6 Å². The Morgan fingerprint density at radius 2 is 1.57 bits per heavy atom. The fraction of sp³-hybridized carbons (Fsp3) is 0.258. The number of rotatable bonds is 7. The van der Waals surface area contributed by atoms with Crippen molar-refractivity contribution in [1.82, 2.24) is 0 Å². The second-order valence-corrected chi connectivity index (χ2v) is 10.7. The highest BCUT2D eigenvalue weighted by atomic mass is 32.2. The fourth-order valence-corrected chi connectivity index (χ4v) is 6.18. The quantitative estimate of drug-likeness (QED) is 0.224. The van der Waals surface area contributed by atoms with Gasteiger partial charge in [0, 0.05) is 10.6 Å². The summed E-state index contributed by atoms with van der Waals surface area (Å²) in [6.07, 6.45) is 6.05. The van der Waals surface area contributed by atoms with Crippen LogP contribution in [0.1, 0.15) is 41.7 Å². The van der Waals surface area contributed by atoms with E-state index in [-0.39, 0.29) is 29.6 Å². The zero-order valence-electron chi connectivity index (χ0n) is 21.0. The molecule has 3 amide bonds. The molecule has 3 aromatic carbocycles. The zero-order chi connectivity index (χ0) is 25.9. The number of carbonyl (C=O) groups excluding carboxylic acids is 3. The number of imide groups is 1. The van der Waals surface area contributed by atoms with Crippen molar-refractivity contribution < 1.29 is 14.4 Å². The summed E-state index contributed by atoms with van der Waals surface area (Å²) < 4.78 is 0. The highest BCUT2D eigenvalue weighted by Crippen LogP contribution is 2.40. The summed E-state index contributed by atoms with van der Waals surface area (Å²) in [5.41, 5.74) is 4.49. The minimum atomic E-state index is -0.472. The third kappa shape index (κ3) is 4.98. The summed E-state index contributed by atoms with van der Waals surface area (Å²) >= 11 is 1.45. The molecule has 5 nitrogen and oxygen atoms in total. The minimum absolute atomic E-state index is 0.0919. The van der Waals surface area contributed by atoms with Crippen LogP contribution in [0.15, 0.2) is 89.8 Å². The van der Waals surface area contributed by atoms with Gasteiger partial charge in [-0.25, -0.2) is 0 Å². The number of carbonyl (C=O) groups is 3. The van der Waals surface area contributed by atoms with E-state index in [1.54, 1.807) is 12.1 Å². The van der Waals surface area contributed by atoms with Crippen LogP contribution in [0.3, 0.4) is 0 Å². The van der Waals surface area contributed by atoms with Crippen LogP contribution in [0, 0.1) is 18.8 Å². The van der Waals surface area contributed by atoms with Gasteiger partial charge in [-0.15, -0.1) is 11.8 Å². The van der Waals surface area contributed by atoms with Crippen LogP contribution in [0.5, 0.6) is 0 Å². The van der Waals surface area contributed by atoms with Crippen LogP contribution in [0.2, 0.25) is 0 Å².